The molecule has 1 saturated heterocycles. The van der Waals surface area contributed by atoms with E-state index in [-0.39, 0.29) is 0 Å². The maximum absolute atomic E-state index is 10.0. The molecule has 0 unspecified atom stereocenters. The molecule has 4 heteroatoms. The second kappa shape index (κ2) is 1.95. The molecule has 0 atom stereocenters. The van der Waals surface area contributed by atoms with E-state index in [2.05, 4.69) is 5.29 Å². The molecule has 1 heterocycles. The van der Waals surface area contributed by atoms with Crippen molar-refractivity contribution in [2.45, 2.75) is 19.6 Å². The highest BCUT2D eigenvalue weighted by molar-refractivity contribution is 4.73. The van der Waals surface area contributed by atoms with Crippen LogP contribution >= 0.6 is 0 Å². The molecule has 0 saturated carbocycles. The number of hydrogen-bond donors (Lipinski definition) is 0. The summed E-state index contributed by atoms with van der Waals surface area (Å²) in [5, 5.41) is 4.19. The van der Waals surface area contributed by atoms with Gasteiger partial charge in [-0.05, 0) is 13.8 Å². The first-order valence-electron chi connectivity index (χ1n) is 2.92. The second-order valence-electron chi connectivity index (χ2n) is 2.50. The SMILES string of the molecule is CC1(C)OCCN1N=O. The topological polar surface area (TPSA) is 41.9 Å². The molecule has 52 valence electrons. The molecule has 0 spiro atoms. The Bertz CT molecular complexity index is 124. The minimum atomic E-state index is -0.484. The smallest absolute Gasteiger partial charge is 0.154 e. The molecular formula is C5H10N2O2. The van der Waals surface area contributed by atoms with Gasteiger partial charge in [-0.25, -0.2) is 5.01 Å². The van der Waals surface area contributed by atoms with Crippen LogP contribution in [0.3, 0.4) is 0 Å². The molecule has 1 aliphatic heterocycles. The fourth-order valence-electron chi connectivity index (χ4n) is 0.865. The quantitative estimate of drug-likeness (QED) is 0.491. The van der Waals surface area contributed by atoms with Gasteiger partial charge in [0.1, 0.15) is 0 Å². The summed E-state index contributed by atoms with van der Waals surface area (Å²) in [6, 6.07) is 0. The predicted molar refractivity (Wildman–Crippen MR) is 32.5 cm³/mol. The number of rotatable bonds is 1. The van der Waals surface area contributed by atoms with E-state index in [4.69, 9.17) is 4.74 Å². The number of nitroso groups, excluding NO2 is 1. The molecule has 0 amide bonds. The van der Waals surface area contributed by atoms with Crippen molar-refractivity contribution in [1.29, 1.82) is 0 Å². The second-order valence-corrected chi connectivity index (χ2v) is 2.50. The number of nitrogens with zero attached hydrogens (tertiary/aromatic N) is 2. The zero-order chi connectivity index (χ0) is 6.91. The average molecular weight is 130 g/mol. The Morgan fingerprint density at radius 1 is 1.67 bits per heavy atom. The van der Waals surface area contributed by atoms with E-state index < -0.39 is 5.72 Å². The van der Waals surface area contributed by atoms with Crippen LogP contribution in [0.2, 0.25) is 0 Å². The minimum absolute atomic E-state index is 0.484. The molecule has 0 bridgehead atoms. The molecule has 0 radical (unpaired) electrons. The van der Waals surface area contributed by atoms with Crippen LogP contribution in [0.25, 0.3) is 0 Å². The molecule has 1 aliphatic rings. The minimum Gasteiger partial charge on any atom is -0.353 e. The van der Waals surface area contributed by atoms with E-state index in [1.54, 1.807) is 0 Å². The Morgan fingerprint density at radius 3 is 2.56 bits per heavy atom. The lowest BCUT2D eigenvalue weighted by molar-refractivity contribution is -0.0500. The van der Waals surface area contributed by atoms with Crippen LogP contribution in [0, 0.1) is 4.91 Å². The van der Waals surface area contributed by atoms with Gasteiger partial charge in [-0.2, -0.15) is 0 Å². The van der Waals surface area contributed by atoms with Gasteiger partial charge in [0.25, 0.3) is 0 Å². The highest BCUT2D eigenvalue weighted by Crippen LogP contribution is 2.21. The predicted octanol–water partition coefficient (Wildman–Crippen LogP) is 0.736. The molecule has 0 aromatic heterocycles. The van der Waals surface area contributed by atoms with Crippen molar-refractivity contribution in [2.24, 2.45) is 5.29 Å². The summed E-state index contributed by atoms with van der Waals surface area (Å²) >= 11 is 0. The van der Waals surface area contributed by atoms with Crippen LogP contribution in [-0.2, 0) is 4.74 Å². The Balaban J connectivity index is 2.62. The lowest BCUT2D eigenvalue weighted by Gasteiger charge is -2.23. The van der Waals surface area contributed by atoms with Crippen molar-refractivity contribution in [3.05, 3.63) is 4.91 Å². The molecular weight excluding hydrogens is 120 g/mol. The first kappa shape index (κ1) is 6.48. The van der Waals surface area contributed by atoms with Crippen molar-refractivity contribution in [2.75, 3.05) is 13.2 Å². The zero-order valence-electron chi connectivity index (χ0n) is 5.63. The van der Waals surface area contributed by atoms with Gasteiger partial charge >= 0.3 is 0 Å². The molecule has 1 fully saturated rings. The van der Waals surface area contributed by atoms with Gasteiger partial charge in [0, 0.05) is 0 Å². The Kier molecular flexibility index (Phi) is 1.40. The van der Waals surface area contributed by atoms with Crippen LogP contribution in [0.5, 0.6) is 0 Å². The van der Waals surface area contributed by atoms with Gasteiger partial charge in [0.2, 0.25) is 0 Å². The number of ether oxygens (including phenoxy) is 1. The van der Waals surface area contributed by atoms with E-state index in [9.17, 15) is 4.91 Å². The van der Waals surface area contributed by atoms with E-state index in [0.29, 0.717) is 13.2 Å². The highest BCUT2D eigenvalue weighted by atomic mass is 16.5. The van der Waals surface area contributed by atoms with E-state index in [1.807, 2.05) is 13.8 Å². The normalized spacial score (nSPS) is 24.4. The fraction of sp³-hybridized carbons (Fsp3) is 1.00. The van der Waals surface area contributed by atoms with Crippen molar-refractivity contribution in [3.8, 4) is 0 Å². The first-order valence-corrected chi connectivity index (χ1v) is 2.92. The van der Waals surface area contributed by atoms with Crippen LogP contribution in [0.4, 0.5) is 0 Å². The van der Waals surface area contributed by atoms with Gasteiger partial charge in [0.15, 0.2) is 5.72 Å². The third-order valence-corrected chi connectivity index (χ3v) is 1.48. The molecule has 0 N–H and O–H groups in total. The summed E-state index contributed by atoms with van der Waals surface area (Å²) in [5.74, 6) is 0. The van der Waals surface area contributed by atoms with Gasteiger partial charge in [-0.15, -0.1) is 4.91 Å². The van der Waals surface area contributed by atoms with Crippen LogP contribution in [0.1, 0.15) is 13.8 Å². The monoisotopic (exact) mass is 130 g/mol. The van der Waals surface area contributed by atoms with E-state index >= 15 is 0 Å². The Labute approximate surface area is 53.7 Å². The van der Waals surface area contributed by atoms with E-state index in [0.717, 1.165) is 0 Å². The van der Waals surface area contributed by atoms with Crippen molar-refractivity contribution >= 4 is 0 Å². The number of hydrogen-bond acceptors (Lipinski definition) is 3. The Morgan fingerprint density at radius 2 is 2.33 bits per heavy atom. The summed E-state index contributed by atoms with van der Waals surface area (Å²) < 4.78 is 5.18. The molecule has 4 nitrogen and oxygen atoms in total. The van der Waals surface area contributed by atoms with Crippen LogP contribution in [-0.4, -0.2) is 23.9 Å². The van der Waals surface area contributed by atoms with Crippen molar-refractivity contribution < 1.29 is 4.74 Å². The van der Waals surface area contributed by atoms with Gasteiger partial charge in [-0.1, -0.05) is 0 Å². The summed E-state index contributed by atoms with van der Waals surface area (Å²) in [5.41, 5.74) is -0.484. The lowest BCUT2D eigenvalue weighted by Crippen LogP contribution is -2.34. The lowest BCUT2D eigenvalue weighted by atomic mass is 10.3. The molecule has 9 heavy (non-hydrogen) atoms. The Hall–Kier alpha value is -0.640. The summed E-state index contributed by atoms with van der Waals surface area (Å²) in [4.78, 5) is 10.0. The first-order chi connectivity index (χ1) is 4.17. The highest BCUT2D eigenvalue weighted by Gasteiger charge is 2.32. The molecule has 0 aromatic carbocycles. The summed E-state index contributed by atoms with van der Waals surface area (Å²) in [6.45, 7) is 4.85. The largest absolute Gasteiger partial charge is 0.353 e. The van der Waals surface area contributed by atoms with Crippen molar-refractivity contribution in [3.63, 3.8) is 0 Å². The molecule has 0 aromatic rings. The van der Waals surface area contributed by atoms with Crippen LogP contribution in [0.15, 0.2) is 5.29 Å². The van der Waals surface area contributed by atoms with Gasteiger partial charge < -0.3 is 4.74 Å². The summed E-state index contributed by atoms with van der Waals surface area (Å²) in [7, 11) is 0. The third kappa shape index (κ3) is 1.03. The maximum atomic E-state index is 10.0. The van der Waals surface area contributed by atoms with Crippen molar-refractivity contribution in [1.82, 2.24) is 5.01 Å². The molecule has 0 aliphatic carbocycles. The van der Waals surface area contributed by atoms with E-state index in [1.165, 1.54) is 5.01 Å². The van der Waals surface area contributed by atoms with Gasteiger partial charge in [0.05, 0.1) is 18.4 Å². The third-order valence-electron chi connectivity index (χ3n) is 1.48. The van der Waals surface area contributed by atoms with Gasteiger partial charge in [-0.3, -0.25) is 0 Å². The zero-order valence-corrected chi connectivity index (χ0v) is 5.63. The standard InChI is InChI=1S/C5H10N2O2/c1-5(2)7(6-8)3-4-9-5/h3-4H2,1-2H3. The summed E-state index contributed by atoms with van der Waals surface area (Å²) in [6.07, 6.45) is 0. The fourth-order valence-corrected chi connectivity index (χ4v) is 0.865. The average Bonchev–Trinajstić information content (AvgIpc) is 2.08. The maximum Gasteiger partial charge on any atom is 0.154 e. The molecule has 1 rings (SSSR count). The van der Waals surface area contributed by atoms with Crippen LogP contribution < -0.4 is 0 Å².